The molecule has 12 heteroatoms. The molecule has 0 saturated carbocycles. The van der Waals surface area contributed by atoms with Crippen molar-refractivity contribution in [3.8, 4) is 10.7 Å². The number of fused-ring (bicyclic) bond motifs is 1. The highest BCUT2D eigenvalue weighted by Crippen LogP contribution is 2.31. The summed E-state index contributed by atoms with van der Waals surface area (Å²) in [6.07, 6.45) is 0.921. The number of carbonyl (C=O) groups is 1. The molecule has 168 valence electrons. The van der Waals surface area contributed by atoms with Crippen molar-refractivity contribution in [2.75, 3.05) is 5.43 Å². The molecule has 0 unspecified atom stereocenters. The Hall–Kier alpha value is -4.32. The first-order chi connectivity index (χ1) is 15.9. The molecule has 0 saturated heterocycles. The Balaban J connectivity index is 1.55. The van der Waals surface area contributed by atoms with Gasteiger partial charge in [0.25, 0.3) is 11.6 Å². The molecule has 2 heterocycles. The zero-order chi connectivity index (χ0) is 23.5. The number of nitro groups is 2. The molecule has 0 aliphatic heterocycles. The molecule has 0 spiro atoms. The summed E-state index contributed by atoms with van der Waals surface area (Å²) in [5.74, 6) is 0.262. The highest BCUT2D eigenvalue weighted by atomic mass is 32.1. The molecule has 2 aromatic heterocycles. The van der Waals surface area contributed by atoms with Gasteiger partial charge >= 0.3 is 5.69 Å². The van der Waals surface area contributed by atoms with Crippen LogP contribution in [0.3, 0.4) is 0 Å². The van der Waals surface area contributed by atoms with Crippen LogP contribution in [0.25, 0.3) is 21.7 Å². The van der Waals surface area contributed by atoms with Gasteiger partial charge in [-0.15, -0.1) is 11.3 Å². The topological polar surface area (TPSA) is 145 Å². The van der Waals surface area contributed by atoms with Gasteiger partial charge in [-0.3, -0.25) is 35.9 Å². The van der Waals surface area contributed by atoms with Gasteiger partial charge < -0.3 is 4.57 Å². The number of hydrogen-bond donors (Lipinski definition) is 2. The predicted molar refractivity (Wildman–Crippen MR) is 124 cm³/mol. The number of thiophene rings is 1. The van der Waals surface area contributed by atoms with Gasteiger partial charge in [-0.1, -0.05) is 19.1 Å². The van der Waals surface area contributed by atoms with Crippen molar-refractivity contribution in [2.24, 2.45) is 0 Å². The summed E-state index contributed by atoms with van der Waals surface area (Å²) >= 11 is 1.24. The number of imidazole rings is 1. The van der Waals surface area contributed by atoms with E-state index in [4.69, 9.17) is 4.98 Å². The van der Waals surface area contributed by atoms with Gasteiger partial charge in [0.2, 0.25) is 0 Å². The van der Waals surface area contributed by atoms with Gasteiger partial charge in [-0.05, 0) is 36.8 Å². The lowest BCUT2D eigenvalue weighted by atomic mass is 10.2. The van der Waals surface area contributed by atoms with E-state index >= 15 is 0 Å². The van der Waals surface area contributed by atoms with Crippen molar-refractivity contribution in [3.63, 3.8) is 0 Å². The van der Waals surface area contributed by atoms with Crippen molar-refractivity contribution in [1.29, 1.82) is 0 Å². The Labute approximate surface area is 191 Å². The van der Waals surface area contributed by atoms with E-state index in [9.17, 15) is 25.0 Å². The number of nitrogens with zero attached hydrogens (tertiary/aromatic N) is 4. The van der Waals surface area contributed by atoms with Gasteiger partial charge in [-0.2, -0.15) is 0 Å². The number of carbonyl (C=O) groups excluding carboxylic acids is 1. The van der Waals surface area contributed by atoms with Gasteiger partial charge in [0.15, 0.2) is 5.82 Å². The number of nitro benzene ring substituents is 2. The van der Waals surface area contributed by atoms with E-state index in [1.165, 1.54) is 17.4 Å². The van der Waals surface area contributed by atoms with Crippen LogP contribution in [0, 0.1) is 20.2 Å². The molecule has 0 aliphatic rings. The first-order valence-electron chi connectivity index (χ1n) is 9.93. The summed E-state index contributed by atoms with van der Waals surface area (Å²) in [4.78, 5) is 39.2. The lowest BCUT2D eigenvalue weighted by Gasteiger charge is -2.08. The summed E-state index contributed by atoms with van der Waals surface area (Å²) < 4.78 is 2.11. The lowest BCUT2D eigenvalue weighted by Crippen LogP contribution is -2.29. The lowest BCUT2D eigenvalue weighted by molar-refractivity contribution is -0.393. The number of hydrazine groups is 1. The molecule has 0 radical (unpaired) electrons. The van der Waals surface area contributed by atoms with Crippen molar-refractivity contribution in [1.82, 2.24) is 15.0 Å². The molecule has 0 bridgehead atoms. The smallest absolute Gasteiger partial charge is 0.300 e. The van der Waals surface area contributed by atoms with Crippen molar-refractivity contribution >= 4 is 45.3 Å². The number of amides is 1. The fourth-order valence-electron chi connectivity index (χ4n) is 3.37. The second kappa shape index (κ2) is 9.04. The van der Waals surface area contributed by atoms with Gasteiger partial charge in [-0.25, -0.2) is 4.98 Å². The molecule has 4 rings (SSSR count). The largest absolute Gasteiger partial charge is 0.323 e. The number of anilines is 1. The molecular formula is C21H18N6O5S. The maximum atomic E-state index is 12.6. The third kappa shape index (κ3) is 4.36. The number of rotatable bonds is 8. The normalized spacial score (nSPS) is 10.8. The maximum absolute atomic E-state index is 12.6. The Bertz CT molecular complexity index is 1380. The molecular weight excluding hydrogens is 448 g/mol. The maximum Gasteiger partial charge on any atom is 0.300 e. The van der Waals surface area contributed by atoms with E-state index in [1.807, 2.05) is 24.3 Å². The van der Waals surface area contributed by atoms with Gasteiger partial charge in [0, 0.05) is 12.6 Å². The number of benzene rings is 2. The number of non-ortho nitro benzene ring substituents is 1. The van der Waals surface area contributed by atoms with Crippen LogP contribution in [0.2, 0.25) is 0 Å². The molecule has 2 aromatic carbocycles. The van der Waals surface area contributed by atoms with Crippen LogP contribution < -0.4 is 10.9 Å². The summed E-state index contributed by atoms with van der Waals surface area (Å²) in [6.45, 7) is 2.86. The highest BCUT2D eigenvalue weighted by Gasteiger charge is 2.21. The van der Waals surface area contributed by atoms with Crippen LogP contribution in [0.15, 0.2) is 54.6 Å². The average molecular weight is 466 g/mol. The Kier molecular flexibility index (Phi) is 6.00. The van der Waals surface area contributed by atoms with E-state index in [0.717, 1.165) is 46.8 Å². The van der Waals surface area contributed by atoms with Crippen LogP contribution in [-0.4, -0.2) is 25.3 Å². The fourth-order valence-corrected chi connectivity index (χ4v) is 4.27. The van der Waals surface area contributed by atoms with Gasteiger partial charge in [0.05, 0.1) is 36.7 Å². The molecule has 11 nitrogen and oxygen atoms in total. The standard InChI is InChI=1S/C21H18N6O5S/c1-2-11-25-16-6-4-3-5-14(16)22-20(25)18-9-10-19(33-18)21(28)24-23-15-8-7-13(26(29)30)12-17(15)27(31)32/h3-10,12,23H,2,11H2,1H3,(H,24,28). The first kappa shape index (κ1) is 21.9. The second-order valence-corrected chi connectivity index (χ2v) is 8.12. The molecule has 4 aromatic rings. The number of hydrogen-bond acceptors (Lipinski definition) is 8. The number of aryl methyl sites for hydroxylation is 1. The summed E-state index contributed by atoms with van der Waals surface area (Å²) in [7, 11) is 0. The minimum atomic E-state index is -0.761. The molecule has 0 atom stereocenters. The minimum absolute atomic E-state index is 0.0690. The Morgan fingerprint density at radius 3 is 2.61 bits per heavy atom. The third-order valence-electron chi connectivity index (χ3n) is 4.85. The zero-order valence-electron chi connectivity index (χ0n) is 17.3. The van der Waals surface area contributed by atoms with E-state index < -0.39 is 27.1 Å². The van der Waals surface area contributed by atoms with Crippen LogP contribution in [0.5, 0.6) is 0 Å². The summed E-state index contributed by atoms with van der Waals surface area (Å²) in [5.41, 5.74) is 5.76. The van der Waals surface area contributed by atoms with Gasteiger partial charge in [0.1, 0.15) is 5.69 Å². The van der Waals surface area contributed by atoms with E-state index in [1.54, 1.807) is 12.1 Å². The Morgan fingerprint density at radius 1 is 1.09 bits per heavy atom. The zero-order valence-corrected chi connectivity index (χ0v) is 18.2. The number of aromatic nitrogens is 2. The molecule has 0 aliphatic carbocycles. The first-order valence-corrected chi connectivity index (χ1v) is 10.8. The van der Waals surface area contributed by atoms with Crippen molar-refractivity contribution < 1.29 is 14.6 Å². The third-order valence-corrected chi connectivity index (χ3v) is 5.93. The van der Waals surface area contributed by atoms with E-state index in [0.29, 0.717) is 4.88 Å². The van der Waals surface area contributed by atoms with Crippen molar-refractivity contribution in [3.05, 3.63) is 79.7 Å². The van der Waals surface area contributed by atoms with Crippen LogP contribution in [0.4, 0.5) is 17.1 Å². The predicted octanol–water partition coefficient (Wildman–Crippen LogP) is 4.75. The number of nitrogens with one attached hydrogen (secondary N) is 2. The summed E-state index contributed by atoms with van der Waals surface area (Å²) in [6, 6.07) is 14.4. The fraction of sp³-hybridized carbons (Fsp3) is 0.143. The van der Waals surface area contributed by atoms with Crippen LogP contribution in [-0.2, 0) is 6.54 Å². The SMILES string of the molecule is CCCn1c(-c2ccc(C(=O)NNc3ccc([N+](=O)[O-])cc3[N+](=O)[O-])s2)nc2ccccc21. The monoisotopic (exact) mass is 466 g/mol. The van der Waals surface area contributed by atoms with Crippen molar-refractivity contribution in [2.45, 2.75) is 19.9 Å². The molecule has 33 heavy (non-hydrogen) atoms. The van der Waals surface area contributed by atoms with Crippen LogP contribution >= 0.6 is 11.3 Å². The minimum Gasteiger partial charge on any atom is -0.323 e. The van der Waals surface area contributed by atoms with E-state index in [2.05, 4.69) is 22.3 Å². The van der Waals surface area contributed by atoms with Crippen LogP contribution in [0.1, 0.15) is 23.0 Å². The Morgan fingerprint density at radius 2 is 1.88 bits per heavy atom. The average Bonchev–Trinajstić information content (AvgIpc) is 3.43. The molecule has 2 N–H and O–H groups in total. The number of para-hydroxylation sites is 2. The molecule has 0 fully saturated rings. The second-order valence-electron chi connectivity index (χ2n) is 7.03. The van der Waals surface area contributed by atoms with E-state index in [-0.39, 0.29) is 5.69 Å². The molecule has 1 amide bonds. The summed E-state index contributed by atoms with van der Waals surface area (Å²) in [5, 5.41) is 22.1. The quantitative estimate of drug-likeness (QED) is 0.281. The highest BCUT2D eigenvalue weighted by molar-refractivity contribution is 7.17.